The Bertz CT molecular complexity index is 615. The highest BCUT2D eigenvalue weighted by molar-refractivity contribution is 7.89. The van der Waals surface area contributed by atoms with E-state index in [1.165, 1.54) is 0 Å². The fourth-order valence-electron chi connectivity index (χ4n) is 3.20. The molecule has 1 aromatic rings. The van der Waals surface area contributed by atoms with E-state index in [0.717, 1.165) is 23.3 Å². The minimum atomic E-state index is -3.43. The molecule has 0 spiro atoms. The number of hydrogen-bond donors (Lipinski definition) is 0. The van der Waals surface area contributed by atoms with Crippen molar-refractivity contribution in [2.24, 2.45) is 11.8 Å². The van der Waals surface area contributed by atoms with Crippen LogP contribution in [0.1, 0.15) is 31.4 Å². The van der Waals surface area contributed by atoms with Crippen LogP contribution in [0.5, 0.6) is 5.75 Å². The quantitative estimate of drug-likeness (QED) is 0.862. The van der Waals surface area contributed by atoms with Gasteiger partial charge in [0.1, 0.15) is 5.75 Å². The van der Waals surface area contributed by atoms with Crippen LogP contribution in [0.15, 0.2) is 17.0 Å². The minimum absolute atomic E-state index is 0.405. The van der Waals surface area contributed by atoms with E-state index in [2.05, 4.69) is 13.8 Å². The van der Waals surface area contributed by atoms with Crippen molar-refractivity contribution in [3.05, 3.63) is 23.3 Å². The second kappa shape index (κ2) is 5.97. The van der Waals surface area contributed by atoms with Gasteiger partial charge in [-0.1, -0.05) is 13.8 Å². The third-order valence-corrected chi connectivity index (χ3v) is 6.12. The fraction of sp³-hybridized carbons (Fsp3) is 0.625. The lowest BCUT2D eigenvalue weighted by Gasteiger charge is -2.34. The number of methoxy groups -OCH3 is 1. The summed E-state index contributed by atoms with van der Waals surface area (Å²) in [7, 11) is -1.83. The molecule has 0 saturated carbocycles. The Morgan fingerprint density at radius 3 is 2.19 bits per heavy atom. The highest BCUT2D eigenvalue weighted by atomic mass is 32.2. The monoisotopic (exact) mass is 311 g/mol. The maximum absolute atomic E-state index is 12.9. The molecule has 5 heteroatoms. The first-order chi connectivity index (χ1) is 9.75. The summed E-state index contributed by atoms with van der Waals surface area (Å²) >= 11 is 0. The molecule has 118 valence electrons. The molecule has 0 aliphatic carbocycles. The van der Waals surface area contributed by atoms with Crippen LogP contribution in [0.3, 0.4) is 0 Å². The van der Waals surface area contributed by atoms with E-state index in [1.807, 2.05) is 13.8 Å². The molecular weight excluding hydrogens is 286 g/mol. The van der Waals surface area contributed by atoms with E-state index >= 15 is 0 Å². The maximum atomic E-state index is 12.9. The zero-order valence-electron chi connectivity index (χ0n) is 13.5. The molecule has 21 heavy (non-hydrogen) atoms. The molecular formula is C16H25NO3S. The van der Waals surface area contributed by atoms with E-state index in [-0.39, 0.29) is 0 Å². The third kappa shape index (κ3) is 3.24. The van der Waals surface area contributed by atoms with Crippen molar-refractivity contribution >= 4 is 10.0 Å². The summed E-state index contributed by atoms with van der Waals surface area (Å²) in [4.78, 5) is 0.405. The Balaban J connectivity index is 2.42. The van der Waals surface area contributed by atoms with Crippen LogP contribution in [0.4, 0.5) is 0 Å². The standard InChI is InChI=1S/C16H25NO3S/c1-11-6-12(2)10-17(9-11)21(18,19)16-8-13(3)15(20-5)7-14(16)4/h7-8,11-12H,6,9-10H2,1-5H3/t11-,12+. The molecule has 0 radical (unpaired) electrons. The summed E-state index contributed by atoms with van der Waals surface area (Å²) in [5.74, 6) is 1.54. The predicted molar refractivity (Wildman–Crippen MR) is 84.2 cm³/mol. The van der Waals surface area contributed by atoms with E-state index in [9.17, 15) is 8.42 Å². The Kier molecular flexibility index (Phi) is 4.63. The Hall–Kier alpha value is -1.07. The second-order valence-corrected chi connectivity index (χ2v) is 8.26. The summed E-state index contributed by atoms with van der Waals surface area (Å²) in [6, 6.07) is 3.53. The summed E-state index contributed by atoms with van der Waals surface area (Å²) in [6.45, 7) is 9.15. The van der Waals surface area contributed by atoms with Crippen LogP contribution in [-0.4, -0.2) is 32.9 Å². The predicted octanol–water partition coefficient (Wildman–Crippen LogP) is 2.98. The van der Waals surface area contributed by atoms with Gasteiger partial charge in [0.15, 0.2) is 0 Å². The molecule has 0 aromatic heterocycles. The van der Waals surface area contributed by atoms with Crippen molar-refractivity contribution in [1.82, 2.24) is 4.31 Å². The second-order valence-electron chi connectivity index (χ2n) is 6.36. The Morgan fingerprint density at radius 2 is 1.67 bits per heavy atom. The Labute approximate surface area is 128 Å². The smallest absolute Gasteiger partial charge is 0.243 e. The number of hydrogen-bond acceptors (Lipinski definition) is 3. The third-order valence-electron chi connectivity index (χ3n) is 4.15. The van der Waals surface area contributed by atoms with Crippen LogP contribution < -0.4 is 4.74 Å². The zero-order valence-corrected chi connectivity index (χ0v) is 14.3. The molecule has 1 aliphatic heterocycles. The molecule has 0 bridgehead atoms. The molecule has 1 saturated heterocycles. The highest BCUT2D eigenvalue weighted by Gasteiger charge is 2.32. The number of ether oxygens (including phenoxy) is 1. The van der Waals surface area contributed by atoms with E-state index in [4.69, 9.17) is 4.74 Å². The van der Waals surface area contributed by atoms with Gasteiger partial charge in [0.25, 0.3) is 0 Å². The van der Waals surface area contributed by atoms with Crippen LogP contribution in [0, 0.1) is 25.7 Å². The number of benzene rings is 1. The number of aryl methyl sites for hydroxylation is 2. The van der Waals surface area contributed by atoms with Gasteiger partial charge in [-0.2, -0.15) is 4.31 Å². The highest BCUT2D eigenvalue weighted by Crippen LogP contribution is 2.31. The van der Waals surface area contributed by atoms with Gasteiger partial charge in [-0.25, -0.2) is 8.42 Å². The van der Waals surface area contributed by atoms with Gasteiger partial charge < -0.3 is 4.74 Å². The summed E-state index contributed by atoms with van der Waals surface area (Å²) < 4.78 is 32.8. The molecule has 1 heterocycles. The first-order valence-electron chi connectivity index (χ1n) is 7.41. The van der Waals surface area contributed by atoms with Crippen LogP contribution in [-0.2, 0) is 10.0 Å². The zero-order chi connectivity index (χ0) is 15.8. The molecule has 0 N–H and O–H groups in total. The largest absolute Gasteiger partial charge is 0.496 e. The number of nitrogens with zero attached hydrogens (tertiary/aromatic N) is 1. The topological polar surface area (TPSA) is 46.6 Å². The fourth-order valence-corrected chi connectivity index (χ4v) is 5.17. The molecule has 1 aromatic carbocycles. The van der Waals surface area contributed by atoms with Gasteiger partial charge in [0, 0.05) is 13.1 Å². The van der Waals surface area contributed by atoms with Gasteiger partial charge in [0.2, 0.25) is 10.0 Å². The summed E-state index contributed by atoms with van der Waals surface area (Å²) in [5, 5.41) is 0. The SMILES string of the molecule is COc1cc(C)c(S(=O)(=O)N2C[C@H](C)C[C@H](C)C2)cc1C. The first-order valence-corrected chi connectivity index (χ1v) is 8.85. The Morgan fingerprint density at radius 1 is 1.10 bits per heavy atom. The number of sulfonamides is 1. The lowest BCUT2D eigenvalue weighted by Crippen LogP contribution is -2.42. The molecule has 2 atom stereocenters. The number of rotatable bonds is 3. The van der Waals surface area contributed by atoms with Crippen molar-refractivity contribution in [3.63, 3.8) is 0 Å². The van der Waals surface area contributed by atoms with Gasteiger partial charge in [-0.3, -0.25) is 0 Å². The molecule has 4 nitrogen and oxygen atoms in total. The maximum Gasteiger partial charge on any atom is 0.243 e. The van der Waals surface area contributed by atoms with Gasteiger partial charge in [-0.05, 0) is 55.4 Å². The average Bonchev–Trinajstić information content (AvgIpc) is 2.39. The van der Waals surface area contributed by atoms with Crippen molar-refractivity contribution < 1.29 is 13.2 Å². The van der Waals surface area contributed by atoms with E-state index in [1.54, 1.807) is 23.5 Å². The van der Waals surface area contributed by atoms with Crippen LogP contribution >= 0.6 is 0 Å². The van der Waals surface area contributed by atoms with Gasteiger partial charge >= 0.3 is 0 Å². The van der Waals surface area contributed by atoms with Crippen molar-refractivity contribution in [3.8, 4) is 5.75 Å². The average molecular weight is 311 g/mol. The lowest BCUT2D eigenvalue weighted by molar-refractivity contribution is 0.222. The molecule has 2 rings (SSSR count). The van der Waals surface area contributed by atoms with Crippen molar-refractivity contribution in [1.29, 1.82) is 0 Å². The lowest BCUT2D eigenvalue weighted by atomic mass is 9.94. The van der Waals surface area contributed by atoms with Crippen molar-refractivity contribution in [2.45, 2.75) is 39.0 Å². The minimum Gasteiger partial charge on any atom is -0.496 e. The first kappa shape index (κ1) is 16.3. The van der Waals surface area contributed by atoms with Crippen LogP contribution in [0.2, 0.25) is 0 Å². The van der Waals surface area contributed by atoms with E-state index in [0.29, 0.717) is 29.8 Å². The van der Waals surface area contributed by atoms with Crippen LogP contribution in [0.25, 0.3) is 0 Å². The van der Waals surface area contributed by atoms with E-state index < -0.39 is 10.0 Å². The number of piperidine rings is 1. The molecule has 0 unspecified atom stereocenters. The normalized spacial score (nSPS) is 24.0. The van der Waals surface area contributed by atoms with Gasteiger partial charge in [0.05, 0.1) is 12.0 Å². The summed E-state index contributed by atoms with van der Waals surface area (Å²) in [5.41, 5.74) is 1.59. The van der Waals surface area contributed by atoms with Crippen molar-refractivity contribution in [2.75, 3.05) is 20.2 Å². The van der Waals surface area contributed by atoms with Gasteiger partial charge in [-0.15, -0.1) is 0 Å². The summed E-state index contributed by atoms with van der Waals surface area (Å²) in [6.07, 6.45) is 1.09. The molecule has 1 aliphatic rings. The molecule has 0 amide bonds. The molecule has 1 fully saturated rings.